The lowest BCUT2D eigenvalue weighted by Gasteiger charge is -2.13. The van der Waals surface area contributed by atoms with Crippen LogP contribution in [0.25, 0.3) is 17.0 Å². The Balaban J connectivity index is 1.67. The first-order chi connectivity index (χ1) is 13.1. The highest BCUT2D eigenvalue weighted by atomic mass is 32.2. The summed E-state index contributed by atoms with van der Waals surface area (Å²) in [7, 11) is 1.96. The number of imide groups is 1. The standard InChI is InChI=1S/C21H18N2O3S/c1-3-26-16-10-8-15(9-11-16)23-20(24)19(27-21(23)25)12-14-13-22(2)18-7-5-4-6-17(14)18/h4-13H,3H2,1-2H3. The maximum Gasteiger partial charge on any atom is 0.298 e. The fourth-order valence-electron chi connectivity index (χ4n) is 3.18. The van der Waals surface area contributed by atoms with Crippen molar-refractivity contribution in [1.82, 2.24) is 4.57 Å². The van der Waals surface area contributed by atoms with Gasteiger partial charge in [-0.15, -0.1) is 0 Å². The van der Waals surface area contributed by atoms with Crippen LogP contribution in [0.3, 0.4) is 0 Å². The Kier molecular flexibility index (Phi) is 4.49. The molecule has 2 amide bonds. The number of hydrogen-bond acceptors (Lipinski definition) is 4. The second-order valence-electron chi connectivity index (χ2n) is 6.16. The van der Waals surface area contributed by atoms with E-state index in [9.17, 15) is 9.59 Å². The van der Waals surface area contributed by atoms with Crippen LogP contribution in [0, 0.1) is 0 Å². The van der Waals surface area contributed by atoms with Crippen LogP contribution in [0.1, 0.15) is 12.5 Å². The van der Waals surface area contributed by atoms with Gasteiger partial charge in [0, 0.05) is 29.7 Å². The Labute approximate surface area is 161 Å². The molecule has 0 bridgehead atoms. The van der Waals surface area contributed by atoms with Gasteiger partial charge in [0.15, 0.2) is 0 Å². The molecule has 1 aromatic heterocycles. The van der Waals surface area contributed by atoms with Crippen LogP contribution < -0.4 is 9.64 Å². The maximum atomic E-state index is 12.9. The molecule has 27 heavy (non-hydrogen) atoms. The fraction of sp³-hybridized carbons (Fsp3) is 0.143. The van der Waals surface area contributed by atoms with E-state index in [0.29, 0.717) is 22.9 Å². The molecular weight excluding hydrogens is 360 g/mol. The van der Waals surface area contributed by atoms with Gasteiger partial charge in [-0.05, 0) is 55.1 Å². The number of anilines is 1. The number of ether oxygens (including phenoxy) is 1. The van der Waals surface area contributed by atoms with Crippen molar-refractivity contribution in [2.45, 2.75) is 6.92 Å². The summed E-state index contributed by atoms with van der Waals surface area (Å²) in [5.74, 6) is 0.404. The molecule has 0 radical (unpaired) electrons. The number of hydrogen-bond donors (Lipinski definition) is 0. The van der Waals surface area contributed by atoms with Gasteiger partial charge in [0.2, 0.25) is 0 Å². The number of thioether (sulfide) groups is 1. The third-order valence-electron chi connectivity index (χ3n) is 4.41. The van der Waals surface area contributed by atoms with Gasteiger partial charge in [-0.25, -0.2) is 4.90 Å². The highest BCUT2D eigenvalue weighted by molar-refractivity contribution is 8.19. The first-order valence-electron chi connectivity index (χ1n) is 8.63. The number of rotatable bonds is 4. The summed E-state index contributed by atoms with van der Waals surface area (Å²) in [5, 5.41) is 0.753. The predicted octanol–water partition coefficient (Wildman–Crippen LogP) is 4.82. The van der Waals surface area contributed by atoms with Crippen LogP contribution in [0.15, 0.2) is 59.6 Å². The van der Waals surface area contributed by atoms with Crippen LogP contribution in [0.4, 0.5) is 10.5 Å². The molecule has 6 heteroatoms. The van der Waals surface area contributed by atoms with Gasteiger partial charge in [0.05, 0.1) is 17.2 Å². The minimum absolute atomic E-state index is 0.296. The SMILES string of the molecule is CCOc1ccc(N2C(=O)SC(=Cc3cn(C)c4ccccc34)C2=O)cc1. The zero-order valence-corrected chi connectivity index (χ0v) is 15.8. The van der Waals surface area contributed by atoms with Gasteiger partial charge in [-0.3, -0.25) is 9.59 Å². The topological polar surface area (TPSA) is 51.5 Å². The summed E-state index contributed by atoms with van der Waals surface area (Å²) >= 11 is 0.962. The second kappa shape index (κ2) is 6.96. The van der Waals surface area contributed by atoms with Gasteiger partial charge in [0.1, 0.15) is 5.75 Å². The average molecular weight is 378 g/mol. The number of aryl methyl sites for hydroxylation is 1. The summed E-state index contributed by atoms with van der Waals surface area (Å²) < 4.78 is 7.42. The molecule has 4 rings (SSSR count). The Morgan fingerprint density at radius 3 is 2.56 bits per heavy atom. The summed E-state index contributed by atoms with van der Waals surface area (Å²) in [4.78, 5) is 26.9. The zero-order valence-electron chi connectivity index (χ0n) is 15.0. The first-order valence-corrected chi connectivity index (χ1v) is 9.45. The molecule has 136 valence electrons. The summed E-state index contributed by atoms with van der Waals surface area (Å²) in [6.07, 6.45) is 3.76. The third kappa shape index (κ3) is 3.13. The molecule has 0 saturated carbocycles. The van der Waals surface area contributed by atoms with E-state index >= 15 is 0 Å². The van der Waals surface area contributed by atoms with Gasteiger partial charge >= 0.3 is 0 Å². The lowest BCUT2D eigenvalue weighted by atomic mass is 10.1. The lowest BCUT2D eigenvalue weighted by molar-refractivity contribution is -0.113. The monoisotopic (exact) mass is 378 g/mol. The third-order valence-corrected chi connectivity index (χ3v) is 5.28. The number of carbonyl (C=O) groups excluding carboxylic acids is 2. The van der Waals surface area contributed by atoms with Crippen molar-refractivity contribution in [3.05, 3.63) is 65.2 Å². The maximum absolute atomic E-state index is 12.9. The fourth-order valence-corrected chi connectivity index (χ4v) is 4.01. The molecule has 5 nitrogen and oxygen atoms in total. The molecule has 2 aromatic carbocycles. The summed E-state index contributed by atoms with van der Waals surface area (Å²) in [5.41, 5.74) is 2.54. The molecule has 0 atom stereocenters. The van der Waals surface area contributed by atoms with E-state index in [2.05, 4.69) is 0 Å². The van der Waals surface area contributed by atoms with Crippen molar-refractivity contribution in [2.75, 3.05) is 11.5 Å². The van der Waals surface area contributed by atoms with Crippen molar-refractivity contribution < 1.29 is 14.3 Å². The predicted molar refractivity (Wildman–Crippen MR) is 109 cm³/mol. The zero-order chi connectivity index (χ0) is 19.0. The molecule has 1 fully saturated rings. The summed E-state index contributed by atoms with van der Waals surface area (Å²) in [6, 6.07) is 14.9. The van der Waals surface area contributed by atoms with E-state index in [1.807, 2.05) is 49.0 Å². The van der Waals surface area contributed by atoms with E-state index in [-0.39, 0.29) is 11.1 Å². The van der Waals surface area contributed by atoms with Crippen molar-refractivity contribution in [3.8, 4) is 5.75 Å². The van der Waals surface area contributed by atoms with Crippen LogP contribution in [0.2, 0.25) is 0 Å². The molecule has 1 aliphatic heterocycles. The molecule has 1 aliphatic rings. The summed E-state index contributed by atoms with van der Waals surface area (Å²) in [6.45, 7) is 2.47. The molecule has 3 aromatic rings. The molecule has 0 aliphatic carbocycles. The van der Waals surface area contributed by atoms with Crippen molar-refractivity contribution in [3.63, 3.8) is 0 Å². The second-order valence-corrected chi connectivity index (χ2v) is 7.15. The van der Waals surface area contributed by atoms with Gasteiger partial charge in [-0.1, -0.05) is 18.2 Å². The van der Waals surface area contributed by atoms with Gasteiger partial charge in [0.25, 0.3) is 11.1 Å². The molecule has 0 spiro atoms. The molecule has 2 heterocycles. The van der Waals surface area contributed by atoms with E-state index < -0.39 is 0 Å². The Morgan fingerprint density at radius 1 is 1.07 bits per heavy atom. The van der Waals surface area contributed by atoms with Crippen molar-refractivity contribution >= 4 is 45.6 Å². The van der Waals surface area contributed by atoms with E-state index in [1.165, 1.54) is 4.90 Å². The van der Waals surface area contributed by atoms with Crippen LogP contribution >= 0.6 is 11.8 Å². The van der Waals surface area contributed by atoms with Crippen LogP contribution in [-0.4, -0.2) is 22.3 Å². The Bertz CT molecular complexity index is 1070. The minimum Gasteiger partial charge on any atom is -0.494 e. The Hall–Kier alpha value is -2.99. The highest BCUT2D eigenvalue weighted by Crippen LogP contribution is 2.37. The van der Waals surface area contributed by atoms with E-state index in [1.54, 1.807) is 30.3 Å². The minimum atomic E-state index is -0.304. The molecular formula is C21H18N2O3S. The molecule has 0 unspecified atom stereocenters. The number of benzene rings is 2. The van der Waals surface area contributed by atoms with Crippen LogP contribution in [0.5, 0.6) is 5.75 Å². The number of fused-ring (bicyclic) bond motifs is 1. The number of para-hydroxylation sites is 1. The van der Waals surface area contributed by atoms with Gasteiger partial charge < -0.3 is 9.30 Å². The largest absolute Gasteiger partial charge is 0.494 e. The number of carbonyl (C=O) groups is 2. The Morgan fingerprint density at radius 2 is 1.81 bits per heavy atom. The quantitative estimate of drug-likeness (QED) is 0.611. The van der Waals surface area contributed by atoms with Crippen molar-refractivity contribution in [2.24, 2.45) is 7.05 Å². The number of nitrogens with zero attached hydrogens (tertiary/aromatic N) is 2. The van der Waals surface area contributed by atoms with Crippen molar-refractivity contribution in [1.29, 1.82) is 0 Å². The lowest BCUT2D eigenvalue weighted by Crippen LogP contribution is -2.27. The normalized spacial score (nSPS) is 15.9. The van der Waals surface area contributed by atoms with E-state index in [4.69, 9.17) is 4.74 Å². The van der Waals surface area contributed by atoms with E-state index in [0.717, 1.165) is 28.2 Å². The number of aromatic nitrogens is 1. The first kappa shape index (κ1) is 17.4. The number of amides is 2. The smallest absolute Gasteiger partial charge is 0.298 e. The van der Waals surface area contributed by atoms with Gasteiger partial charge in [-0.2, -0.15) is 0 Å². The molecule has 1 saturated heterocycles. The molecule has 0 N–H and O–H groups in total. The van der Waals surface area contributed by atoms with Crippen LogP contribution in [-0.2, 0) is 11.8 Å². The average Bonchev–Trinajstić information content (AvgIpc) is 3.13. The highest BCUT2D eigenvalue weighted by Gasteiger charge is 2.36.